The van der Waals surface area contributed by atoms with E-state index in [4.69, 9.17) is 4.74 Å². The molecular weight excluding hydrogens is 343 g/mol. The highest BCUT2D eigenvalue weighted by atomic mass is 19.4. The number of benzene rings is 1. The van der Waals surface area contributed by atoms with Crippen molar-refractivity contribution in [3.8, 4) is 5.75 Å². The summed E-state index contributed by atoms with van der Waals surface area (Å²) in [5, 5.41) is 0. The van der Waals surface area contributed by atoms with Crippen LogP contribution in [-0.2, 0) is 10.2 Å². The first kappa shape index (κ1) is 19.1. The molecule has 3 rings (SSSR count). The molecule has 1 heterocycles. The molecular formula is C20H26F3NO2. The minimum atomic E-state index is -4.22. The van der Waals surface area contributed by atoms with Crippen LogP contribution in [-0.4, -0.2) is 37.2 Å². The van der Waals surface area contributed by atoms with Crippen LogP contribution in [0.5, 0.6) is 5.75 Å². The topological polar surface area (TPSA) is 29.5 Å². The average molecular weight is 369 g/mol. The lowest BCUT2D eigenvalue weighted by Gasteiger charge is -2.45. The van der Waals surface area contributed by atoms with Crippen LogP contribution in [0.3, 0.4) is 0 Å². The average Bonchev–Trinajstić information content (AvgIpc) is 3.34. The van der Waals surface area contributed by atoms with E-state index in [1.807, 2.05) is 25.1 Å². The Morgan fingerprint density at radius 3 is 2.42 bits per heavy atom. The molecule has 1 aliphatic carbocycles. The van der Waals surface area contributed by atoms with Crippen LogP contribution >= 0.6 is 0 Å². The molecule has 0 N–H and O–H groups in total. The lowest BCUT2D eigenvalue weighted by molar-refractivity contribution is -0.217. The number of aryl methyl sites for hydroxylation is 1. The fourth-order valence-electron chi connectivity index (χ4n) is 4.31. The van der Waals surface area contributed by atoms with Crippen LogP contribution < -0.4 is 4.74 Å². The first-order valence-corrected chi connectivity index (χ1v) is 9.02. The number of piperidine rings is 1. The minimum Gasteiger partial charge on any atom is -0.496 e. The van der Waals surface area contributed by atoms with Gasteiger partial charge in [0.25, 0.3) is 0 Å². The smallest absolute Gasteiger partial charge is 0.392 e. The van der Waals surface area contributed by atoms with Crippen molar-refractivity contribution >= 4 is 5.91 Å². The summed E-state index contributed by atoms with van der Waals surface area (Å²) in [5.74, 6) is -0.677. The van der Waals surface area contributed by atoms with E-state index in [9.17, 15) is 18.0 Å². The number of hydrogen-bond acceptors (Lipinski definition) is 2. The normalized spacial score (nSPS) is 24.3. The standard InChI is InChI=1S/C20H26F3NO2/c1-13-5-6-14(11-15(13)26-4)19(8-9-19)17(25)24-10-7-16(20(21,22)23)18(2,3)12-24/h5-6,11,16H,7-10,12H2,1-4H3. The van der Waals surface area contributed by atoms with Gasteiger partial charge >= 0.3 is 6.18 Å². The summed E-state index contributed by atoms with van der Waals surface area (Å²) in [6.45, 7) is 5.46. The van der Waals surface area contributed by atoms with Crippen LogP contribution in [0.4, 0.5) is 13.2 Å². The second-order valence-corrected chi connectivity index (χ2v) is 8.36. The molecule has 1 aromatic carbocycles. The van der Waals surface area contributed by atoms with Gasteiger partial charge in [0.2, 0.25) is 5.91 Å². The Labute approximate surface area is 152 Å². The number of rotatable bonds is 3. The van der Waals surface area contributed by atoms with E-state index in [0.29, 0.717) is 0 Å². The molecule has 1 atom stereocenters. The summed E-state index contributed by atoms with van der Waals surface area (Å²) in [4.78, 5) is 14.9. The Balaban J connectivity index is 1.82. The van der Waals surface area contributed by atoms with Gasteiger partial charge in [-0.3, -0.25) is 4.79 Å². The van der Waals surface area contributed by atoms with Gasteiger partial charge in [0.1, 0.15) is 5.75 Å². The zero-order valence-electron chi connectivity index (χ0n) is 15.7. The molecule has 1 saturated heterocycles. The monoisotopic (exact) mass is 369 g/mol. The second-order valence-electron chi connectivity index (χ2n) is 8.36. The lowest BCUT2D eigenvalue weighted by Crippen LogP contribution is -2.54. The van der Waals surface area contributed by atoms with Gasteiger partial charge in [-0.2, -0.15) is 13.2 Å². The molecule has 0 aromatic heterocycles. The Hall–Kier alpha value is -1.72. The van der Waals surface area contributed by atoms with Crippen LogP contribution in [0.15, 0.2) is 18.2 Å². The number of carbonyl (C=O) groups excluding carboxylic acids is 1. The summed E-state index contributed by atoms with van der Waals surface area (Å²) in [7, 11) is 1.60. The molecule has 1 aliphatic heterocycles. The number of methoxy groups -OCH3 is 1. The molecule has 0 bridgehead atoms. The number of hydrogen-bond donors (Lipinski definition) is 0. The Morgan fingerprint density at radius 1 is 1.27 bits per heavy atom. The van der Waals surface area contributed by atoms with E-state index >= 15 is 0 Å². The molecule has 3 nitrogen and oxygen atoms in total. The Morgan fingerprint density at radius 2 is 1.92 bits per heavy atom. The van der Waals surface area contributed by atoms with Crippen LogP contribution in [0.2, 0.25) is 0 Å². The molecule has 2 fully saturated rings. The molecule has 1 saturated carbocycles. The van der Waals surface area contributed by atoms with Crippen molar-refractivity contribution < 1.29 is 22.7 Å². The number of alkyl halides is 3. The lowest BCUT2D eigenvalue weighted by atomic mass is 9.73. The van der Waals surface area contributed by atoms with E-state index in [0.717, 1.165) is 29.7 Å². The molecule has 2 aliphatic rings. The molecule has 26 heavy (non-hydrogen) atoms. The first-order valence-electron chi connectivity index (χ1n) is 9.02. The zero-order valence-corrected chi connectivity index (χ0v) is 15.7. The van der Waals surface area contributed by atoms with Crippen molar-refractivity contribution in [3.05, 3.63) is 29.3 Å². The summed E-state index contributed by atoms with van der Waals surface area (Å²) in [5.41, 5.74) is 0.322. The highest BCUT2D eigenvalue weighted by Gasteiger charge is 2.57. The largest absolute Gasteiger partial charge is 0.496 e. The third-order valence-electron chi connectivity index (χ3n) is 6.03. The summed E-state index contributed by atoms with van der Waals surface area (Å²) in [6.07, 6.45) is -2.79. The minimum absolute atomic E-state index is 0.0322. The predicted octanol–water partition coefficient (Wildman–Crippen LogP) is 4.47. The van der Waals surface area contributed by atoms with E-state index < -0.39 is 22.9 Å². The van der Waals surface area contributed by atoms with Gasteiger partial charge in [0.15, 0.2) is 0 Å². The zero-order chi connectivity index (χ0) is 19.3. The highest BCUT2D eigenvalue weighted by Crippen LogP contribution is 2.52. The number of halogens is 3. The molecule has 0 spiro atoms. The van der Waals surface area contributed by atoms with Gasteiger partial charge in [-0.15, -0.1) is 0 Å². The summed E-state index contributed by atoms with van der Waals surface area (Å²) in [6, 6.07) is 5.77. The van der Waals surface area contributed by atoms with Crippen molar-refractivity contribution in [2.45, 2.75) is 51.6 Å². The van der Waals surface area contributed by atoms with Gasteiger partial charge < -0.3 is 9.64 Å². The quantitative estimate of drug-likeness (QED) is 0.787. The Bertz CT molecular complexity index is 707. The van der Waals surface area contributed by atoms with E-state index in [1.54, 1.807) is 25.9 Å². The van der Waals surface area contributed by atoms with Gasteiger partial charge in [0.05, 0.1) is 18.4 Å². The van der Waals surface area contributed by atoms with Crippen LogP contribution in [0, 0.1) is 18.3 Å². The summed E-state index contributed by atoms with van der Waals surface area (Å²) >= 11 is 0. The fourth-order valence-corrected chi connectivity index (χ4v) is 4.31. The van der Waals surface area contributed by atoms with Crippen molar-refractivity contribution in [2.24, 2.45) is 11.3 Å². The van der Waals surface area contributed by atoms with Crippen molar-refractivity contribution in [2.75, 3.05) is 20.2 Å². The first-order chi connectivity index (χ1) is 12.0. The molecule has 6 heteroatoms. The van der Waals surface area contributed by atoms with Crippen molar-refractivity contribution in [1.82, 2.24) is 4.90 Å². The maximum Gasteiger partial charge on any atom is 0.392 e. The summed E-state index contributed by atoms with van der Waals surface area (Å²) < 4.78 is 45.2. The molecule has 1 amide bonds. The van der Waals surface area contributed by atoms with E-state index in [-0.39, 0.29) is 25.4 Å². The van der Waals surface area contributed by atoms with Gasteiger partial charge in [-0.05, 0) is 48.8 Å². The van der Waals surface area contributed by atoms with Gasteiger partial charge in [-0.25, -0.2) is 0 Å². The molecule has 1 unspecified atom stereocenters. The number of likely N-dealkylation sites (tertiary alicyclic amines) is 1. The number of ether oxygens (including phenoxy) is 1. The molecule has 1 aromatic rings. The van der Waals surface area contributed by atoms with E-state index in [2.05, 4.69) is 0 Å². The van der Waals surface area contributed by atoms with E-state index in [1.165, 1.54) is 0 Å². The number of carbonyl (C=O) groups is 1. The number of nitrogens with zero attached hydrogens (tertiary/aromatic N) is 1. The second kappa shape index (κ2) is 6.17. The van der Waals surface area contributed by atoms with Crippen molar-refractivity contribution in [3.63, 3.8) is 0 Å². The maximum atomic E-state index is 13.3. The third-order valence-corrected chi connectivity index (χ3v) is 6.03. The van der Waals surface area contributed by atoms with Crippen LogP contribution in [0.1, 0.15) is 44.2 Å². The van der Waals surface area contributed by atoms with Gasteiger partial charge in [0, 0.05) is 13.1 Å². The maximum absolute atomic E-state index is 13.3. The van der Waals surface area contributed by atoms with Crippen LogP contribution in [0.25, 0.3) is 0 Å². The fraction of sp³-hybridized carbons (Fsp3) is 0.650. The predicted molar refractivity (Wildman–Crippen MR) is 93.2 cm³/mol. The van der Waals surface area contributed by atoms with Crippen molar-refractivity contribution in [1.29, 1.82) is 0 Å². The molecule has 144 valence electrons. The number of amides is 1. The van der Waals surface area contributed by atoms with Gasteiger partial charge in [-0.1, -0.05) is 26.0 Å². The Kier molecular flexibility index (Phi) is 4.52. The molecule has 0 radical (unpaired) electrons. The SMILES string of the molecule is COc1cc(C2(C(=O)N3CCC(C(F)(F)F)C(C)(C)C3)CC2)ccc1C. The highest BCUT2D eigenvalue weighted by molar-refractivity contribution is 5.91. The third kappa shape index (κ3) is 3.19.